The van der Waals surface area contributed by atoms with Gasteiger partial charge in [-0.15, -0.1) is 11.3 Å². The summed E-state index contributed by atoms with van der Waals surface area (Å²) in [6, 6.07) is 8.42. The van der Waals surface area contributed by atoms with Gasteiger partial charge in [0.25, 0.3) is 0 Å². The van der Waals surface area contributed by atoms with Gasteiger partial charge in [0.05, 0.1) is 10.7 Å². The normalized spacial score (nSPS) is 22.7. The highest BCUT2D eigenvalue weighted by Crippen LogP contribution is 2.40. The van der Waals surface area contributed by atoms with Crippen LogP contribution in [0, 0.1) is 11.8 Å². The van der Waals surface area contributed by atoms with E-state index in [-0.39, 0.29) is 0 Å². The number of aromatic nitrogens is 1. The van der Waals surface area contributed by atoms with Crippen LogP contribution in [-0.4, -0.2) is 4.98 Å². The molecule has 0 unspecified atom stereocenters. The Balaban J connectivity index is 1.71. The molecule has 1 nitrogen and oxygen atoms in total. The molecule has 1 saturated carbocycles. The van der Waals surface area contributed by atoms with E-state index < -0.39 is 0 Å². The van der Waals surface area contributed by atoms with Crippen LogP contribution in [0.4, 0.5) is 0 Å². The molecule has 0 amide bonds. The summed E-state index contributed by atoms with van der Waals surface area (Å²) in [5, 5.41) is 3.55. The van der Waals surface area contributed by atoms with Crippen molar-refractivity contribution in [3.05, 3.63) is 39.1 Å². The van der Waals surface area contributed by atoms with Crippen molar-refractivity contribution in [1.29, 1.82) is 0 Å². The molecule has 21 heavy (non-hydrogen) atoms. The van der Waals surface area contributed by atoms with Crippen molar-refractivity contribution in [3.63, 3.8) is 0 Å². The van der Waals surface area contributed by atoms with Crippen molar-refractivity contribution in [2.45, 2.75) is 45.4 Å². The molecule has 1 aromatic heterocycles. The molecular weight excluding hydrogens is 342 g/mol. The number of hydrogen-bond donors (Lipinski definition) is 0. The van der Waals surface area contributed by atoms with Crippen LogP contribution >= 0.6 is 27.3 Å². The Hall–Kier alpha value is -0.670. The molecule has 112 valence electrons. The van der Waals surface area contributed by atoms with E-state index >= 15 is 0 Å². The third kappa shape index (κ3) is 3.57. The zero-order valence-electron chi connectivity index (χ0n) is 12.7. The number of nitrogens with zero attached hydrogens (tertiary/aromatic N) is 1. The molecular formula is C18H22BrNS. The first-order chi connectivity index (χ1) is 10.1. The lowest BCUT2D eigenvalue weighted by atomic mass is 9.77. The van der Waals surface area contributed by atoms with Crippen molar-refractivity contribution < 1.29 is 0 Å². The summed E-state index contributed by atoms with van der Waals surface area (Å²) < 4.78 is 1.12. The quantitative estimate of drug-likeness (QED) is 0.606. The van der Waals surface area contributed by atoms with Gasteiger partial charge in [0.2, 0.25) is 0 Å². The standard InChI is InChI=1S/C18H22BrNS/c1-12(2)13-6-8-14(9-7-13)18-20-17(11-21-18)15-4-3-5-16(19)10-15/h3-5,10-14H,6-9H2,1-2H3. The van der Waals surface area contributed by atoms with Crippen LogP contribution in [0.3, 0.4) is 0 Å². The van der Waals surface area contributed by atoms with Crippen LogP contribution in [0.2, 0.25) is 0 Å². The van der Waals surface area contributed by atoms with Crippen LogP contribution < -0.4 is 0 Å². The Labute approximate surface area is 139 Å². The molecule has 2 aromatic rings. The SMILES string of the molecule is CC(C)C1CCC(c2nc(-c3cccc(Br)c3)cs2)CC1. The number of rotatable bonds is 3. The lowest BCUT2D eigenvalue weighted by Gasteiger charge is -2.29. The first-order valence-corrected chi connectivity index (χ1v) is 9.52. The molecule has 0 bridgehead atoms. The van der Waals surface area contributed by atoms with E-state index in [4.69, 9.17) is 4.98 Å². The molecule has 1 aromatic carbocycles. The summed E-state index contributed by atoms with van der Waals surface area (Å²) in [4.78, 5) is 4.91. The maximum atomic E-state index is 4.91. The van der Waals surface area contributed by atoms with Crippen LogP contribution in [0.15, 0.2) is 34.1 Å². The molecule has 0 radical (unpaired) electrons. The van der Waals surface area contributed by atoms with Gasteiger partial charge in [0.15, 0.2) is 0 Å². The highest BCUT2D eigenvalue weighted by molar-refractivity contribution is 9.10. The van der Waals surface area contributed by atoms with E-state index in [9.17, 15) is 0 Å². The monoisotopic (exact) mass is 363 g/mol. The molecule has 1 fully saturated rings. The fourth-order valence-electron chi connectivity index (χ4n) is 3.29. The van der Waals surface area contributed by atoms with Gasteiger partial charge in [-0.1, -0.05) is 41.9 Å². The van der Waals surface area contributed by atoms with Crippen LogP contribution in [-0.2, 0) is 0 Å². The van der Waals surface area contributed by atoms with E-state index in [0.29, 0.717) is 5.92 Å². The van der Waals surface area contributed by atoms with E-state index in [0.717, 1.165) is 22.0 Å². The second-order valence-electron chi connectivity index (χ2n) is 6.44. The van der Waals surface area contributed by atoms with Crippen molar-refractivity contribution in [1.82, 2.24) is 4.98 Å². The molecule has 3 rings (SSSR count). The second-order valence-corrected chi connectivity index (χ2v) is 8.24. The molecule has 0 aliphatic heterocycles. The van der Waals surface area contributed by atoms with Crippen molar-refractivity contribution in [2.75, 3.05) is 0 Å². The first kappa shape index (κ1) is 15.2. The van der Waals surface area contributed by atoms with Crippen LogP contribution in [0.5, 0.6) is 0 Å². The van der Waals surface area contributed by atoms with Gasteiger partial charge < -0.3 is 0 Å². The minimum Gasteiger partial charge on any atom is -0.241 e. The highest BCUT2D eigenvalue weighted by Gasteiger charge is 2.26. The van der Waals surface area contributed by atoms with Crippen molar-refractivity contribution >= 4 is 27.3 Å². The maximum absolute atomic E-state index is 4.91. The maximum Gasteiger partial charge on any atom is 0.0963 e. The molecule has 0 spiro atoms. The van der Waals surface area contributed by atoms with Gasteiger partial charge in [0.1, 0.15) is 0 Å². The van der Waals surface area contributed by atoms with E-state index in [1.165, 1.54) is 36.3 Å². The lowest BCUT2D eigenvalue weighted by molar-refractivity contribution is 0.258. The summed E-state index contributed by atoms with van der Waals surface area (Å²) in [6.07, 6.45) is 5.37. The van der Waals surface area contributed by atoms with Gasteiger partial charge in [-0.25, -0.2) is 4.98 Å². The summed E-state index contributed by atoms with van der Waals surface area (Å²) in [7, 11) is 0. The summed E-state index contributed by atoms with van der Waals surface area (Å²) >= 11 is 5.38. The third-order valence-electron chi connectivity index (χ3n) is 4.71. The topological polar surface area (TPSA) is 12.9 Å². The molecule has 0 N–H and O–H groups in total. The predicted molar refractivity (Wildman–Crippen MR) is 94.8 cm³/mol. The second kappa shape index (κ2) is 6.62. The number of halogens is 1. The highest BCUT2D eigenvalue weighted by atomic mass is 79.9. The Kier molecular flexibility index (Phi) is 4.80. The summed E-state index contributed by atoms with van der Waals surface area (Å²) in [5.74, 6) is 2.44. The molecule has 0 atom stereocenters. The zero-order valence-corrected chi connectivity index (χ0v) is 15.1. The fraction of sp³-hybridized carbons (Fsp3) is 0.500. The van der Waals surface area contributed by atoms with E-state index in [2.05, 4.69) is 59.4 Å². The average molecular weight is 364 g/mol. The molecule has 1 aliphatic carbocycles. The fourth-order valence-corrected chi connectivity index (χ4v) is 4.69. The Morgan fingerprint density at radius 1 is 1.19 bits per heavy atom. The lowest BCUT2D eigenvalue weighted by Crippen LogP contribution is -2.17. The number of hydrogen-bond acceptors (Lipinski definition) is 2. The van der Waals surface area contributed by atoms with Crippen LogP contribution in [0.1, 0.15) is 50.5 Å². The largest absolute Gasteiger partial charge is 0.241 e. The number of thiazole rings is 1. The van der Waals surface area contributed by atoms with Gasteiger partial charge >= 0.3 is 0 Å². The summed E-state index contributed by atoms with van der Waals surface area (Å²) in [5.41, 5.74) is 2.34. The van der Waals surface area contributed by atoms with Crippen LogP contribution in [0.25, 0.3) is 11.3 Å². The Bertz CT molecular complexity index is 597. The van der Waals surface area contributed by atoms with Gasteiger partial charge in [-0.05, 0) is 49.7 Å². The predicted octanol–water partition coefficient (Wildman–Crippen LogP) is 6.50. The third-order valence-corrected chi connectivity index (χ3v) is 6.21. The minimum absolute atomic E-state index is 0.686. The average Bonchev–Trinajstić information content (AvgIpc) is 2.97. The Morgan fingerprint density at radius 3 is 2.62 bits per heavy atom. The van der Waals surface area contributed by atoms with E-state index in [1.54, 1.807) is 0 Å². The number of benzene rings is 1. The van der Waals surface area contributed by atoms with E-state index in [1.807, 2.05) is 11.3 Å². The molecule has 3 heteroatoms. The smallest absolute Gasteiger partial charge is 0.0963 e. The minimum atomic E-state index is 0.686. The first-order valence-electron chi connectivity index (χ1n) is 7.85. The zero-order chi connectivity index (χ0) is 14.8. The Morgan fingerprint density at radius 2 is 1.95 bits per heavy atom. The van der Waals surface area contributed by atoms with Crippen molar-refractivity contribution in [3.8, 4) is 11.3 Å². The molecule has 1 aliphatic rings. The molecule has 1 heterocycles. The van der Waals surface area contributed by atoms with Gasteiger partial charge in [-0.3, -0.25) is 0 Å². The van der Waals surface area contributed by atoms with Crippen molar-refractivity contribution in [2.24, 2.45) is 11.8 Å². The van der Waals surface area contributed by atoms with Gasteiger partial charge in [-0.2, -0.15) is 0 Å². The summed E-state index contributed by atoms with van der Waals surface area (Å²) in [6.45, 7) is 4.72. The molecule has 0 saturated heterocycles. The van der Waals surface area contributed by atoms with Gasteiger partial charge in [0, 0.05) is 21.3 Å².